The average molecular weight is 256 g/mol. The van der Waals surface area contributed by atoms with Gasteiger partial charge in [-0.2, -0.15) is 5.10 Å². The molecule has 3 aliphatic rings. The molecule has 2 N–H and O–H groups in total. The smallest absolute Gasteiger partial charge is 0.272 e. The summed E-state index contributed by atoms with van der Waals surface area (Å²) in [6.07, 6.45) is 1.21. The van der Waals surface area contributed by atoms with E-state index in [0.29, 0.717) is 23.7 Å². The molecule has 5 heteroatoms. The SMILES string of the molecule is CN1CC2CC1C2NC(=O)c1n[nH]c2ccccc12. The second-order valence-electron chi connectivity index (χ2n) is 5.62. The van der Waals surface area contributed by atoms with Gasteiger partial charge in [0, 0.05) is 24.0 Å². The number of carbonyl (C=O) groups excluding carboxylic acids is 1. The molecule has 98 valence electrons. The number of hydrogen-bond donors (Lipinski definition) is 2. The highest BCUT2D eigenvalue weighted by atomic mass is 16.2. The molecule has 19 heavy (non-hydrogen) atoms. The van der Waals surface area contributed by atoms with Crippen molar-refractivity contribution in [3.8, 4) is 0 Å². The number of aromatic amines is 1. The zero-order valence-electron chi connectivity index (χ0n) is 10.8. The van der Waals surface area contributed by atoms with E-state index < -0.39 is 0 Å². The molecule has 1 saturated carbocycles. The summed E-state index contributed by atoms with van der Waals surface area (Å²) in [4.78, 5) is 14.7. The molecule has 2 aliphatic heterocycles. The van der Waals surface area contributed by atoms with Crippen molar-refractivity contribution in [2.75, 3.05) is 13.6 Å². The van der Waals surface area contributed by atoms with Crippen LogP contribution in [0.4, 0.5) is 0 Å². The van der Waals surface area contributed by atoms with E-state index in [2.05, 4.69) is 27.5 Å². The fourth-order valence-electron chi connectivity index (χ4n) is 3.44. The van der Waals surface area contributed by atoms with Crippen LogP contribution in [-0.4, -0.2) is 46.7 Å². The second kappa shape index (κ2) is 3.81. The molecule has 0 spiro atoms. The average Bonchev–Trinajstić information content (AvgIpc) is 3.06. The van der Waals surface area contributed by atoms with Gasteiger partial charge in [-0.3, -0.25) is 9.89 Å². The second-order valence-corrected chi connectivity index (χ2v) is 5.62. The highest BCUT2D eigenvalue weighted by Crippen LogP contribution is 2.40. The first-order valence-electron chi connectivity index (χ1n) is 6.68. The molecule has 5 rings (SSSR count). The zero-order valence-corrected chi connectivity index (χ0v) is 10.8. The first-order chi connectivity index (χ1) is 9.24. The van der Waals surface area contributed by atoms with E-state index in [4.69, 9.17) is 0 Å². The molecular weight excluding hydrogens is 240 g/mol. The lowest BCUT2D eigenvalue weighted by atomic mass is 9.80. The summed E-state index contributed by atoms with van der Waals surface area (Å²) in [5.74, 6) is 0.552. The summed E-state index contributed by atoms with van der Waals surface area (Å²) in [5.41, 5.74) is 1.41. The summed E-state index contributed by atoms with van der Waals surface area (Å²) in [6.45, 7) is 1.09. The lowest BCUT2D eigenvalue weighted by molar-refractivity contribution is 0.0872. The van der Waals surface area contributed by atoms with Crippen molar-refractivity contribution in [1.29, 1.82) is 0 Å². The van der Waals surface area contributed by atoms with E-state index in [1.807, 2.05) is 24.3 Å². The molecule has 3 heterocycles. The number of H-pyrrole nitrogens is 1. The molecular formula is C14H16N4O. The van der Waals surface area contributed by atoms with E-state index in [1.54, 1.807) is 0 Å². The van der Waals surface area contributed by atoms with Gasteiger partial charge in [-0.25, -0.2) is 0 Å². The van der Waals surface area contributed by atoms with E-state index >= 15 is 0 Å². The molecule has 0 radical (unpaired) electrons. The summed E-state index contributed by atoms with van der Waals surface area (Å²) in [7, 11) is 2.13. The van der Waals surface area contributed by atoms with Crippen LogP contribution in [0.15, 0.2) is 24.3 Å². The number of amides is 1. The van der Waals surface area contributed by atoms with Crippen LogP contribution < -0.4 is 5.32 Å². The monoisotopic (exact) mass is 256 g/mol. The van der Waals surface area contributed by atoms with Gasteiger partial charge in [-0.05, 0) is 25.5 Å². The minimum atomic E-state index is -0.0625. The Balaban J connectivity index is 1.58. The molecule has 3 unspecified atom stereocenters. The standard InChI is InChI=1S/C14H16N4O/c1-18-7-8-6-11(18)12(8)15-14(19)13-9-4-2-3-5-10(9)16-17-13/h2-5,8,11-12H,6-7H2,1H3,(H,15,19)(H,16,17). The van der Waals surface area contributed by atoms with Crippen molar-refractivity contribution in [2.24, 2.45) is 5.92 Å². The predicted molar refractivity (Wildman–Crippen MR) is 71.9 cm³/mol. The summed E-state index contributed by atoms with van der Waals surface area (Å²) in [5, 5.41) is 11.1. The molecule has 2 bridgehead atoms. The van der Waals surface area contributed by atoms with Gasteiger partial charge in [0.2, 0.25) is 0 Å². The van der Waals surface area contributed by atoms with E-state index in [1.165, 1.54) is 6.42 Å². The van der Waals surface area contributed by atoms with Gasteiger partial charge >= 0.3 is 0 Å². The quantitative estimate of drug-likeness (QED) is 0.842. The normalized spacial score (nSPS) is 29.4. The molecule has 1 aromatic heterocycles. The Morgan fingerprint density at radius 1 is 1.47 bits per heavy atom. The van der Waals surface area contributed by atoms with Crippen molar-refractivity contribution in [3.63, 3.8) is 0 Å². The number of nitrogens with zero attached hydrogens (tertiary/aromatic N) is 2. The lowest BCUT2D eigenvalue weighted by Crippen LogP contribution is -2.54. The van der Waals surface area contributed by atoms with Gasteiger partial charge < -0.3 is 10.2 Å². The third-order valence-electron chi connectivity index (χ3n) is 4.54. The van der Waals surface area contributed by atoms with E-state index in [0.717, 1.165) is 17.4 Å². The molecule has 2 aromatic rings. The predicted octanol–water partition coefficient (Wildman–Crippen LogP) is 0.995. The van der Waals surface area contributed by atoms with Crippen molar-refractivity contribution in [2.45, 2.75) is 18.5 Å². The highest BCUT2D eigenvalue weighted by Gasteiger charge is 2.51. The number of benzene rings is 1. The van der Waals surface area contributed by atoms with Crippen LogP contribution in [-0.2, 0) is 0 Å². The van der Waals surface area contributed by atoms with Gasteiger partial charge in [-0.15, -0.1) is 0 Å². The Labute approximate surface area is 111 Å². The van der Waals surface area contributed by atoms with Crippen molar-refractivity contribution >= 4 is 16.8 Å². The Bertz CT molecular complexity index is 650. The first-order valence-corrected chi connectivity index (χ1v) is 6.68. The Morgan fingerprint density at radius 3 is 3.05 bits per heavy atom. The maximum Gasteiger partial charge on any atom is 0.272 e. The molecule has 3 atom stereocenters. The third kappa shape index (κ3) is 1.51. The number of para-hydroxylation sites is 1. The molecule has 5 nitrogen and oxygen atoms in total. The van der Waals surface area contributed by atoms with Crippen molar-refractivity contribution in [3.05, 3.63) is 30.0 Å². The lowest BCUT2D eigenvalue weighted by Gasteiger charge is -2.36. The molecule has 1 aromatic carbocycles. The van der Waals surface area contributed by atoms with Crippen LogP contribution in [0.25, 0.3) is 10.9 Å². The molecule has 1 aliphatic carbocycles. The Kier molecular flexibility index (Phi) is 2.20. The van der Waals surface area contributed by atoms with Gasteiger partial charge in [-0.1, -0.05) is 18.2 Å². The Morgan fingerprint density at radius 2 is 2.32 bits per heavy atom. The number of fused-ring (bicyclic) bond motifs is 2. The maximum absolute atomic E-state index is 12.3. The van der Waals surface area contributed by atoms with Crippen molar-refractivity contribution < 1.29 is 4.79 Å². The number of carbonyl (C=O) groups is 1. The van der Waals surface area contributed by atoms with Gasteiger partial charge in [0.25, 0.3) is 5.91 Å². The summed E-state index contributed by atoms with van der Waals surface area (Å²) < 4.78 is 0. The van der Waals surface area contributed by atoms with Crippen LogP contribution in [0.3, 0.4) is 0 Å². The molecule has 2 saturated heterocycles. The number of likely N-dealkylation sites (N-methyl/N-ethyl adjacent to an activating group) is 1. The van der Waals surface area contributed by atoms with Crippen LogP contribution >= 0.6 is 0 Å². The number of aromatic nitrogens is 2. The summed E-state index contributed by atoms with van der Waals surface area (Å²) >= 11 is 0. The zero-order chi connectivity index (χ0) is 13.0. The minimum absolute atomic E-state index is 0.0625. The largest absolute Gasteiger partial charge is 0.346 e. The van der Waals surface area contributed by atoms with E-state index in [-0.39, 0.29) is 5.91 Å². The minimum Gasteiger partial charge on any atom is -0.346 e. The molecule has 1 amide bonds. The maximum atomic E-state index is 12.3. The van der Waals surface area contributed by atoms with Crippen LogP contribution in [0, 0.1) is 5.92 Å². The van der Waals surface area contributed by atoms with Crippen LogP contribution in [0.2, 0.25) is 0 Å². The highest BCUT2D eigenvalue weighted by molar-refractivity contribution is 6.04. The molecule has 3 fully saturated rings. The van der Waals surface area contributed by atoms with Crippen LogP contribution in [0.1, 0.15) is 16.9 Å². The summed E-state index contributed by atoms with van der Waals surface area (Å²) in [6, 6.07) is 8.53. The number of rotatable bonds is 2. The van der Waals surface area contributed by atoms with Gasteiger partial charge in [0.05, 0.1) is 5.52 Å². The number of nitrogens with one attached hydrogen (secondary N) is 2. The number of hydrogen-bond acceptors (Lipinski definition) is 3. The van der Waals surface area contributed by atoms with Crippen molar-refractivity contribution in [1.82, 2.24) is 20.4 Å². The van der Waals surface area contributed by atoms with Crippen LogP contribution in [0.5, 0.6) is 0 Å². The van der Waals surface area contributed by atoms with E-state index in [9.17, 15) is 4.79 Å². The fraction of sp³-hybridized carbons (Fsp3) is 0.429. The van der Waals surface area contributed by atoms with Gasteiger partial charge in [0.1, 0.15) is 0 Å². The Hall–Kier alpha value is -1.88. The fourth-order valence-corrected chi connectivity index (χ4v) is 3.44. The first kappa shape index (κ1) is 11.0. The van der Waals surface area contributed by atoms with Gasteiger partial charge in [0.15, 0.2) is 5.69 Å². The third-order valence-corrected chi connectivity index (χ3v) is 4.54. The topological polar surface area (TPSA) is 61.0 Å².